The van der Waals surface area contributed by atoms with E-state index in [2.05, 4.69) is 0 Å². The molecule has 0 bridgehead atoms. The lowest BCUT2D eigenvalue weighted by atomic mass is 10.1. The smallest absolute Gasteiger partial charge is 0.344 e. The van der Waals surface area contributed by atoms with Crippen LogP contribution in [0, 0.1) is 6.92 Å². The van der Waals surface area contributed by atoms with E-state index in [1.54, 1.807) is 12.1 Å². The molecule has 2 aromatic carbocycles. The van der Waals surface area contributed by atoms with Gasteiger partial charge in [0.25, 0.3) is 0 Å². The van der Waals surface area contributed by atoms with Gasteiger partial charge in [-0.05, 0) is 30.5 Å². The van der Waals surface area contributed by atoms with Gasteiger partial charge in [-0.3, -0.25) is 0 Å². The zero-order valence-corrected chi connectivity index (χ0v) is 11.2. The van der Waals surface area contributed by atoms with Crippen LogP contribution >= 0.6 is 0 Å². The second-order valence-corrected chi connectivity index (χ2v) is 4.12. The van der Waals surface area contributed by atoms with Gasteiger partial charge in [-0.25, -0.2) is 4.79 Å². The number of benzene rings is 2. The molecular formula is C16H16O3. The summed E-state index contributed by atoms with van der Waals surface area (Å²) >= 11 is 0. The monoisotopic (exact) mass is 256 g/mol. The van der Waals surface area contributed by atoms with Crippen molar-refractivity contribution in [2.45, 2.75) is 20.8 Å². The zero-order chi connectivity index (χ0) is 14.0. The summed E-state index contributed by atoms with van der Waals surface area (Å²) < 4.78 is 5.20. The topological polar surface area (TPSA) is 50.4 Å². The summed E-state index contributed by atoms with van der Waals surface area (Å²) in [7, 11) is 0. The molecule has 0 atom stereocenters. The van der Waals surface area contributed by atoms with Crippen LogP contribution in [0.1, 0.15) is 19.4 Å². The molecule has 0 aliphatic rings. The number of hydrogen-bond acceptors (Lipinski definition) is 3. The van der Waals surface area contributed by atoms with E-state index in [4.69, 9.17) is 4.42 Å². The lowest BCUT2D eigenvalue weighted by Gasteiger charge is -2.03. The number of fused-ring (bicyclic) bond motifs is 3. The molecule has 0 fully saturated rings. The third kappa shape index (κ3) is 2.32. The Balaban J connectivity index is 0.000000637. The van der Waals surface area contributed by atoms with Crippen molar-refractivity contribution in [2.24, 2.45) is 0 Å². The predicted molar refractivity (Wildman–Crippen MR) is 77.7 cm³/mol. The largest absolute Gasteiger partial charge is 0.508 e. The van der Waals surface area contributed by atoms with Crippen LogP contribution in [0.15, 0.2) is 45.6 Å². The van der Waals surface area contributed by atoms with Gasteiger partial charge in [0.1, 0.15) is 11.3 Å². The number of phenols is 1. The molecule has 1 aromatic heterocycles. The van der Waals surface area contributed by atoms with E-state index in [9.17, 15) is 9.90 Å². The van der Waals surface area contributed by atoms with E-state index in [-0.39, 0.29) is 11.4 Å². The number of phenolic OH excluding ortho intramolecular Hbond substituents is 1. The minimum absolute atomic E-state index is 0.0899. The summed E-state index contributed by atoms with van der Waals surface area (Å²) in [4.78, 5) is 11.8. The summed E-state index contributed by atoms with van der Waals surface area (Å²) in [5, 5.41) is 11.6. The van der Waals surface area contributed by atoms with Gasteiger partial charge in [-0.15, -0.1) is 0 Å². The van der Waals surface area contributed by atoms with Crippen molar-refractivity contribution < 1.29 is 9.52 Å². The maximum absolute atomic E-state index is 11.8. The molecule has 3 nitrogen and oxygen atoms in total. The highest BCUT2D eigenvalue weighted by Crippen LogP contribution is 2.26. The molecule has 1 heterocycles. The van der Waals surface area contributed by atoms with E-state index in [0.29, 0.717) is 11.0 Å². The molecule has 3 heteroatoms. The minimum Gasteiger partial charge on any atom is -0.508 e. The van der Waals surface area contributed by atoms with E-state index in [1.165, 1.54) is 6.07 Å². The van der Waals surface area contributed by atoms with Gasteiger partial charge in [-0.2, -0.15) is 0 Å². The van der Waals surface area contributed by atoms with Gasteiger partial charge in [0.05, 0.1) is 5.39 Å². The van der Waals surface area contributed by atoms with E-state index >= 15 is 0 Å². The fraction of sp³-hybridized carbons (Fsp3) is 0.188. The summed E-state index contributed by atoms with van der Waals surface area (Å²) in [6.07, 6.45) is 0. The molecule has 3 aromatic rings. The second kappa shape index (κ2) is 5.14. The average molecular weight is 256 g/mol. The van der Waals surface area contributed by atoms with Crippen LogP contribution in [-0.2, 0) is 0 Å². The molecule has 0 saturated carbocycles. The van der Waals surface area contributed by atoms with Gasteiger partial charge < -0.3 is 9.52 Å². The second-order valence-electron chi connectivity index (χ2n) is 4.12. The molecule has 0 amide bonds. The number of aromatic hydroxyl groups is 1. The quantitative estimate of drug-likeness (QED) is 0.489. The van der Waals surface area contributed by atoms with Crippen molar-refractivity contribution in [3.63, 3.8) is 0 Å². The molecular weight excluding hydrogens is 240 g/mol. The Labute approximate surface area is 111 Å². The fourth-order valence-electron chi connectivity index (χ4n) is 2.03. The van der Waals surface area contributed by atoms with Crippen molar-refractivity contribution in [1.82, 2.24) is 0 Å². The molecule has 1 N–H and O–H groups in total. The van der Waals surface area contributed by atoms with E-state index < -0.39 is 0 Å². The molecule has 0 saturated heterocycles. The summed E-state index contributed by atoms with van der Waals surface area (Å²) in [6, 6.07) is 10.5. The van der Waals surface area contributed by atoms with Crippen molar-refractivity contribution >= 4 is 21.7 Å². The molecule has 0 unspecified atom stereocenters. The fourth-order valence-corrected chi connectivity index (χ4v) is 2.03. The summed E-state index contributed by atoms with van der Waals surface area (Å²) in [5.74, 6) is 0.0899. The number of hydrogen-bond donors (Lipinski definition) is 1. The molecule has 0 spiro atoms. The molecule has 0 aliphatic carbocycles. The highest BCUT2D eigenvalue weighted by Gasteiger charge is 2.07. The van der Waals surface area contributed by atoms with E-state index in [0.717, 1.165) is 16.3 Å². The summed E-state index contributed by atoms with van der Waals surface area (Å²) in [6.45, 7) is 5.93. The van der Waals surface area contributed by atoms with Gasteiger partial charge in [-0.1, -0.05) is 31.5 Å². The van der Waals surface area contributed by atoms with Crippen LogP contribution in [0.25, 0.3) is 21.7 Å². The zero-order valence-electron chi connectivity index (χ0n) is 11.2. The lowest BCUT2D eigenvalue weighted by molar-refractivity contribution is 0.473. The third-order valence-electron chi connectivity index (χ3n) is 2.85. The molecule has 0 radical (unpaired) electrons. The Hall–Kier alpha value is -2.29. The SMILES string of the molecule is CC.Cc1ccc2c(c1)c(=O)oc1cc(O)ccc12. The number of rotatable bonds is 0. The van der Waals surface area contributed by atoms with Crippen LogP contribution in [0.4, 0.5) is 0 Å². The van der Waals surface area contributed by atoms with Crippen LogP contribution in [0.3, 0.4) is 0 Å². The number of aryl methyl sites for hydroxylation is 1. The van der Waals surface area contributed by atoms with Crippen molar-refractivity contribution in [1.29, 1.82) is 0 Å². The lowest BCUT2D eigenvalue weighted by Crippen LogP contribution is -1.99. The molecule has 0 aliphatic heterocycles. The van der Waals surface area contributed by atoms with Gasteiger partial charge in [0.2, 0.25) is 0 Å². The van der Waals surface area contributed by atoms with Crippen molar-refractivity contribution in [3.8, 4) is 5.75 Å². The highest BCUT2D eigenvalue weighted by molar-refractivity contribution is 6.04. The Morgan fingerprint density at radius 3 is 2.37 bits per heavy atom. The Morgan fingerprint density at radius 1 is 0.947 bits per heavy atom. The first-order valence-corrected chi connectivity index (χ1v) is 6.31. The first-order valence-electron chi connectivity index (χ1n) is 6.31. The molecule has 98 valence electrons. The normalized spacial score (nSPS) is 10.3. The first-order chi connectivity index (χ1) is 9.15. The maximum atomic E-state index is 11.8. The highest BCUT2D eigenvalue weighted by atomic mass is 16.4. The van der Waals surface area contributed by atoms with Crippen LogP contribution in [0.2, 0.25) is 0 Å². The average Bonchev–Trinajstić information content (AvgIpc) is 2.41. The Bertz CT molecular complexity index is 785. The maximum Gasteiger partial charge on any atom is 0.344 e. The Morgan fingerprint density at radius 2 is 1.63 bits per heavy atom. The van der Waals surface area contributed by atoms with Crippen LogP contribution in [-0.4, -0.2) is 5.11 Å². The predicted octanol–water partition coefficient (Wildman–Crippen LogP) is 3.99. The van der Waals surface area contributed by atoms with Crippen molar-refractivity contribution in [2.75, 3.05) is 0 Å². The van der Waals surface area contributed by atoms with Gasteiger partial charge in [0, 0.05) is 11.5 Å². The van der Waals surface area contributed by atoms with Crippen LogP contribution < -0.4 is 5.63 Å². The van der Waals surface area contributed by atoms with E-state index in [1.807, 2.05) is 39.0 Å². The third-order valence-corrected chi connectivity index (χ3v) is 2.85. The Kier molecular flexibility index (Phi) is 3.56. The molecule has 19 heavy (non-hydrogen) atoms. The van der Waals surface area contributed by atoms with Gasteiger partial charge in [0.15, 0.2) is 0 Å². The van der Waals surface area contributed by atoms with Crippen LogP contribution in [0.5, 0.6) is 5.75 Å². The first kappa shape index (κ1) is 13.1. The summed E-state index contributed by atoms with van der Waals surface area (Å²) in [5.41, 5.74) is 1.05. The van der Waals surface area contributed by atoms with Crippen molar-refractivity contribution in [3.05, 3.63) is 52.4 Å². The molecule has 3 rings (SSSR count). The standard InChI is InChI=1S/C14H10O3.C2H6/c1-8-2-4-10-11-5-3-9(15)7-13(11)17-14(16)12(10)6-8;1-2/h2-7,15H,1H3;1-2H3. The van der Waals surface area contributed by atoms with Gasteiger partial charge >= 0.3 is 5.63 Å². The minimum atomic E-state index is -0.373.